The lowest BCUT2D eigenvalue weighted by molar-refractivity contribution is 0.0697. The summed E-state index contributed by atoms with van der Waals surface area (Å²) in [7, 11) is 0. The van der Waals surface area contributed by atoms with Gasteiger partial charge in [-0.05, 0) is 25.1 Å². The van der Waals surface area contributed by atoms with Gasteiger partial charge in [-0.25, -0.2) is 13.6 Å². The van der Waals surface area contributed by atoms with Gasteiger partial charge in [0.05, 0.1) is 17.3 Å². The van der Waals surface area contributed by atoms with Crippen LogP contribution in [0, 0.1) is 11.6 Å². The molecule has 0 fully saturated rings. The van der Waals surface area contributed by atoms with Gasteiger partial charge < -0.3 is 10.4 Å². The van der Waals surface area contributed by atoms with Crippen LogP contribution < -0.4 is 5.32 Å². The second kappa shape index (κ2) is 5.69. The number of hydrogen-bond acceptors (Lipinski definition) is 2. The largest absolute Gasteiger partial charge is 0.478 e. The molecule has 0 saturated heterocycles. The van der Waals surface area contributed by atoms with Crippen molar-refractivity contribution < 1.29 is 18.7 Å². The van der Waals surface area contributed by atoms with Gasteiger partial charge in [0.1, 0.15) is 11.6 Å². The Balaban J connectivity index is 2.35. The minimum Gasteiger partial charge on any atom is -0.478 e. The van der Waals surface area contributed by atoms with Crippen LogP contribution in [0.3, 0.4) is 0 Å². The summed E-state index contributed by atoms with van der Waals surface area (Å²) < 4.78 is 27.4. The van der Waals surface area contributed by atoms with Crippen molar-refractivity contribution in [1.82, 2.24) is 0 Å². The Morgan fingerprint density at radius 2 is 1.75 bits per heavy atom. The third kappa shape index (κ3) is 2.77. The normalized spacial score (nSPS) is 11.9. The standard InChI is InChI=1S/C15H13F2NO2/c1-9(10-5-2-3-7-12(10)16)18-14-11(15(19)20)6-4-8-13(14)17/h2-9,18H,1H3,(H,19,20). The van der Waals surface area contributed by atoms with Crippen molar-refractivity contribution in [2.24, 2.45) is 0 Å². The fourth-order valence-corrected chi connectivity index (χ4v) is 1.97. The second-order valence-corrected chi connectivity index (χ2v) is 4.36. The van der Waals surface area contributed by atoms with Crippen molar-refractivity contribution in [3.63, 3.8) is 0 Å². The van der Waals surface area contributed by atoms with E-state index < -0.39 is 23.6 Å². The van der Waals surface area contributed by atoms with Crippen LogP contribution >= 0.6 is 0 Å². The Kier molecular flexibility index (Phi) is 3.98. The first-order valence-electron chi connectivity index (χ1n) is 6.03. The lowest BCUT2D eigenvalue weighted by Crippen LogP contribution is -2.13. The van der Waals surface area contributed by atoms with Crippen molar-refractivity contribution in [2.45, 2.75) is 13.0 Å². The third-order valence-corrected chi connectivity index (χ3v) is 2.98. The highest BCUT2D eigenvalue weighted by Gasteiger charge is 2.18. The summed E-state index contributed by atoms with van der Waals surface area (Å²) in [5, 5.41) is 11.8. The maximum atomic E-state index is 13.8. The van der Waals surface area contributed by atoms with Gasteiger partial charge >= 0.3 is 5.97 Å². The van der Waals surface area contributed by atoms with E-state index in [2.05, 4.69) is 5.32 Å². The van der Waals surface area contributed by atoms with Crippen molar-refractivity contribution in [3.05, 3.63) is 65.2 Å². The van der Waals surface area contributed by atoms with Crippen LogP contribution in [0.4, 0.5) is 14.5 Å². The Morgan fingerprint density at radius 3 is 2.40 bits per heavy atom. The van der Waals surface area contributed by atoms with Gasteiger partial charge in [0.2, 0.25) is 0 Å². The molecule has 2 aromatic carbocycles. The average Bonchev–Trinajstić information content (AvgIpc) is 2.41. The van der Waals surface area contributed by atoms with Crippen LogP contribution in [-0.4, -0.2) is 11.1 Å². The lowest BCUT2D eigenvalue weighted by atomic mass is 10.1. The lowest BCUT2D eigenvalue weighted by Gasteiger charge is -2.18. The summed E-state index contributed by atoms with van der Waals surface area (Å²) in [4.78, 5) is 11.1. The molecule has 0 aliphatic rings. The molecule has 1 unspecified atom stereocenters. The molecule has 0 spiro atoms. The molecule has 0 aliphatic heterocycles. The number of nitrogens with one attached hydrogen (secondary N) is 1. The van der Waals surface area contributed by atoms with Crippen LogP contribution in [0.15, 0.2) is 42.5 Å². The van der Waals surface area contributed by atoms with Crippen molar-refractivity contribution in [2.75, 3.05) is 5.32 Å². The molecule has 5 heteroatoms. The van der Waals surface area contributed by atoms with Crippen LogP contribution in [0.2, 0.25) is 0 Å². The van der Waals surface area contributed by atoms with Gasteiger partial charge in [-0.1, -0.05) is 24.3 Å². The Bertz CT molecular complexity index is 644. The number of halogens is 2. The van der Waals surface area contributed by atoms with E-state index in [1.165, 1.54) is 18.2 Å². The fraction of sp³-hybridized carbons (Fsp3) is 0.133. The molecule has 0 radical (unpaired) electrons. The van der Waals surface area contributed by atoms with Gasteiger partial charge in [-0.2, -0.15) is 0 Å². The molecule has 0 bridgehead atoms. The summed E-state index contributed by atoms with van der Waals surface area (Å²) in [6.45, 7) is 1.64. The molecule has 0 saturated carbocycles. The summed E-state index contributed by atoms with van der Waals surface area (Å²) in [6, 6.07) is 9.28. The number of benzene rings is 2. The number of anilines is 1. The Labute approximate surface area is 114 Å². The number of aromatic carboxylic acids is 1. The number of carboxylic acid groups (broad SMARTS) is 1. The first-order valence-corrected chi connectivity index (χ1v) is 6.03. The van der Waals surface area contributed by atoms with Crippen LogP contribution in [0.25, 0.3) is 0 Å². The molecule has 1 atom stereocenters. The van der Waals surface area contributed by atoms with E-state index in [4.69, 9.17) is 5.11 Å². The number of hydrogen-bond donors (Lipinski definition) is 2. The van der Waals surface area contributed by atoms with E-state index >= 15 is 0 Å². The first-order chi connectivity index (χ1) is 9.50. The second-order valence-electron chi connectivity index (χ2n) is 4.36. The van der Waals surface area contributed by atoms with Crippen molar-refractivity contribution >= 4 is 11.7 Å². The summed E-state index contributed by atoms with van der Waals surface area (Å²) in [5.74, 6) is -2.36. The highest BCUT2D eigenvalue weighted by atomic mass is 19.1. The van der Waals surface area contributed by atoms with E-state index in [0.29, 0.717) is 5.56 Å². The number of rotatable bonds is 4. The zero-order chi connectivity index (χ0) is 14.7. The van der Waals surface area contributed by atoms with Gasteiger partial charge in [0.25, 0.3) is 0 Å². The molecule has 3 nitrogen and oxygen atoms in total. The molecular formula is C15H13F2NO2. The van der Waals surface area contributed by atoms with E-state index in [0.717, 1.165) is 6.07 Å². The van der Waals surface area contributed by atoms with Gasteiger partial charge in [-0.3, -0.25) is 0 Å². The topological polar surface area (TPSA) is 49.3 Å². The molecule has 2 aromatic rings. The molecule has 0 amide bonds. The number of para-hydroxylation sites is 1. The van der Waals surface area contributed by atoms with E-state index in [9.17, 15) is 13.6 Å². The summed E-state index contributed by atoms with van der Waals surface area (Å²) in [6.07, 6.45) is 0. The van der Waals surface area contributed by atoms with Crippen molar-refractivity contribution in [3.8, 4) is 0 Å². The zero-order valence-electron chi connectivity index (χ0n) is 10.7. The minimum absolute atomic E-state index is 0.143. The first kappa shape index (κ1) is 14.0. The molecule has 2 rings (SSSR count). The fourth-order valence-electron chi connectivity index (χ4n) is 1.97. The maximum Gasteiger partial charge on any atom is 0.337 e. The smallest absolute Gasteiger partial charge is 0.337 e. The van der Waals surface area contributed by atoms with Crippen LogP contribution in [0.5, 0.6) is 0 Å². The molecule has 0 heterocycles. The van der Waals surface area contributed by atoms with E-state index in [1.54, 1.807) is 25.1 Å². The predicted octanol–water partition coefficient (Wildman–Crippen LogP) is 3.84. The van der Waals surface area contributed by atoms with Gasteiger partial charge in [0, 0.05) is 5.56 Å². The highest BCUT2D eigenvalue weighted by molar-refractivity contribution is 5.94. The zero-order valence-corrected chi connectivity index (χ0v) is 10.7. The molecule has 104 valence electrons. The SMILES string of the molecule is CC(Nc1c(F)cccc1C(=O)O)c1ccccc1F. The molecular weight excluding hydrogens is 264 g/mol. The minimum atomic E-state index is -1.24. The average molecular weight is 277 g/mol. The van der Waals surface area contributed by atoms with Gasteiger partial charge in [0.15, 0.2) is 0 Å². The molecule has 0 aliphatic carbocycles. The maximum absolute atomic E-state index is 13.8. The monoisotopic (exact) mass is 277 g/mol. The third-order valence-electron chi connectivity index (χ3n) is 2.98. The highest BCUT2D eigenvalue weighted by Crippen LogP contribution is 2.26. The quantitative estimate of drug-likeness (QED) is 0.892. The van der Waals surface area contributed by atoms with Gasteiger partial charge in [-0.15, -0.1) is 0 Å². The van der Waals surface area contributed by atoms with Crippen LogP contribution in [-0.2, 0) is 0 Å². The Morgan fingerprint density at radius 1 is 1.10 bits per heavy atom. The number of carboxylic acids is 1. The summed E-state index contributed by atoms with van der Waals surface area (Å²) in [5.41, 5.74) is 0.0102. The molecule has 20 heavy (non-hydrogen) atoms. The predicted molar refractivity (Wildman–Crippen MR) is 71.8 cm³/mol. The van der Waals surface area contributed by atoms with Crippen LogP contribution in [0.1, 0.15) is 28.9 Å². The van der Waals surface area contributed by atoms with E-state index in [1.807, 2.05) is 0 Å². The molecule has 0 aromatic heterocycles. The van der Waals surface area contributed by atoms with E-state index in [-0.39, 0.29) is 11.3 Å². The Hall–Kier alpha value is -2.43. The van der Waals surface area contributed by atoms with Crippen molar-refractivity contribution in [1.29, 1.82) is 0 Å². The molecule has 2 N–H and O–H groups in total. The number of carbonyl (C=O) groups is 1. The summed E-state index contributed by atoms with van der Waals surface area (Å²) >= 11 is 0.